The topological polar surface area (TPSA) is 36.2 Å². The van der Waals surface area contributed by atoms with Crippen molar-refractivity contribution in [1.82, 2.24) is 0 Å². The van der Waals surface area contributed by atoms with Gasteiger partial charge in [0.05, 0.1) is 15.7 Å². The maximum atomic E-state index is 6.95. The molecule has 4 heteroatoms. The Bertz CT molecular complexity index is 1060. The third-order valence-corrected chi connectivity index (χ3v) is 4.24. The molecule has 0 saturated heterocycles. The lowest BCUT2D eigenvalue weighted by atomic mass is 10.1. The first-order valence-electron chi connectivity index (χ1n) is 7.71. The third kappa shape index (κ3) is 4.74. The molecule has 0 aromatic heterocycles. The lowest BCUT2D eigenvalue weighted by molar-refractivity contribution is 1.15. The fourth-order valence-corrected chi connectivity index (χ4v) is 2.42. The first kappa shape index (κ1) is 17.8. The van der Waals surface area contributed by atoms with Gasteiger partial charge in [0.25, 0.3) is 0 Å². The average molecular weight is 375 g/mol. The van der Waals surface area contributed by atoms with Crippen molar-refractivity contribution in [2.24, 2.45) is 5.11 Å². The quantitative estimate of drug-likeness (QED) is 0.375. The molecule has 0 aliphatic carbocycles. The summed E-state index contributed by atoms with van der Waals surface area (Å²) in [6.07, 6.45) is 0. The van der Waals surface area contributed by atoms with Gasteiger partial charge in [0.2, 0.25) is 0 Å². The Labute approximate surface area is 162 Å². The van der Waals surface area contributed by atoms with Crippen LogP contribution in [0.3, 0.4) is 0 Å². The predicted molar refractivity (Wildman–Crippen MR) is 106 cm³/mol. The van der Waals surface area contributed by atoms with E-state index in [1.165, 1.54) is 0 Å². The molecule has 0 aliphatic rings. The number of halogens is 2. The lowest BCUT2D eigenvalue weighted by Gasteiger charge is -1.95. The van der Waals surface area contributed by atoms with Crippen molar-refractivity contribution >= 4 is 28.9 Å². The van der Waals surface area contributed by atoms with E-state index in [-0.39, 0.29) is 0 Å². The molecule has 0 aliphatic heterocycles. The highest BCUT2D eigenvalue weighted by Crippen LogP contribution is 2.22. The molecule has 0 heterocycles. The SMILES string of the molecule is N=Nc1ccc(C#Cc2ccc(C#Cc3ccc(Cl)c(Cl)c3)cc2)cc1. The minimum atomic E-state index is 0.494. The van der Waals surface area contributed by atoms with Gasteiger partial charge in [-0.25, -0.2) is 5.53 Å². The van der Waals surface area contributed by atoms with Crippen molar-refractivity contribution in [2.45, 2.75) is 0 Å². The zero-order valence-corrected chi connectivity index (χ0v) is 15.1. The number of hydrogen-bond donors (Lipinski definition) is 1. The van der Waals surface area contributed by atoms with Crippen LogP contribution in [0.15, 0.2) is 71.8 Å². The van der Waals surface area contributed by atoms with Gasteiger partial charge in [0, 0.05) is 22.3 Å². The molecule has 0 fully saturated rings. The van der Waals surface area contributed by atoms with Crippen LogP contribution in [-0.4, -0.2) is 0 Å². The first-order valence-corrected chi connectivity index (χ1v) is 8.46. The Morgan fingerprint density at radius 2 is 1.00 bits per heavy atom. The minimum Gasteiger partial charge on any atom is -0.204 e. The second-order valence-electron chi connectivity index (χ2n) is 5.36. The molecule has 124 valence electrons. The molecule has 1 N–H and O–H groups in total. The highest BCUT2D eigenvalue weighted by molar-refractivity contribution is 6.42. The summed E-state index contributed by atoms with van der Waals surface area (Å²) in [7, 11) is 0. The van der Waals surface area contributed by atoms with E-state index >= 15 is 0 Å². The van der Waals surface area contributed by atoms with Crippen LogP contribution in [0, 0.1) is 29.2 Å². The summed E-state index contributed by atoms with van der Waals surface area (Å²) >= 11 is 11.9. The third-order valence-electron chi connectivity index (χ3n) is 3.50. The van der Waals surface area contributed by atoms with Gasteiger partial charge >= 0.3 is 0 Å². The molecule has 0 atom stereocenters. The second-order valence-corrected chi connectivity index (χ2v) is 6.18. The maximum Gasteiger partial charge on any atom is 0.0850 e. The Morgan fingerprint density at radius 3 is 1.46 bits per heavy atom. The molecule has 26 heavy (non-hydrogen) atoms. The Balaban J connectivity index is 1.73. The van der Waals surface area contributed by atoms with Crippen LogP contribution in [-0.2, 0) is 0 Å². The van der Waals surface area contributed by atoms with E-state index < -0.39 is 0 Å². The second kappa shape index (κ2) is 8.37. The Kier molecular flexibility index (Phi) is 5.72. The van der Waals surface area contributed by atoms with Gasteiger partial charge in [-0.3, -0.25) is 0 Å². The molecular weight excluding hydrogens is 363 g/mol. The number of hydrogen-bond acceptors (Lipinski definition) is 2. The van der Waals surface area contributed by atoms with Crippen molar-refractivity contribution in [3.8, 4) is 23.7 Å². The van der Waals surface area contributed by atoms with E-state index in [1.54, 1.807) is 24.3 Å². The lowest BCUT2D eigenvalue weighted by Crippen LogP contribution is -1.79. The summed E-state index contributed by atoms with van der Waals surface area (Å²) in [5, 5.41) is 4.37. The van der Waals surface area contributed by atoms with E-state index in [2.05, 4.69) is 28.8 Å². The monoisotopic (exact) mass is 374 g/mol. The largest absolute Gasteiger partial charge is 0.204 e. The Morgan fingerprint density at radius 1 is 0.577 bits per heavy atom. The van der Waals surface area contributed by atoms with Crippen molar-refractivity contribution in [3.63, 3.8) is 0 Å². The summed E-state index contributed by atoms with van der Waals surface area (Å²) < 4.78 is 0. The van der Waals surface area contributed by atoms with Crippen LogP contribution in [0.25, 0.3) is 0 Å². The van der Waals surface area contributed by atoms with Gasteiger partial charge in [-0.15, -0.1) is 0 Å². The van der Waals surface area contributed by atoms with Crippen LogP contribution in [0.4, 0.5) is 5.69 Å². The fourth-order valence-electron chi connectivity index (χ4n) is 2.12. The van der Waals surface area contributed by atoms with E-state index in [0.29, 0.717) is 15.7 Å². The molecule has 0 bridgehead atoms. The molecule has 0 spiro atoms. The van der Waals surface area contributed by atoms with E-state index in [1.807, 2.05) is 42.5 Å². The van der Waals surface area contributed by atoms with Crippen molar-refractivity contribution in [1.29, 1.82) is 5.53 Å². The van der Waals surface area contributed by atoms with Gasteiger partial charge < -0.3 is 0 Å². The van der Waals surface area contributed by atoms with E-state index in [0.717, 1.165) is 22.3 Å². The van der Waals surface area contributed by atoms with Gasteiger partial charge in [0.15, 0.2) is 0 Å². The highest BCUT2D eigenvalue weighted by atomic mass is 35.5. The highest BCUT2D eigenvalue weighted by Gasteiger charge is 1.97. The number of nitrogens with zero attached hydrogens (tertiary/aromatic N) is 1. The zero-order chi connectivity index (χ0) is 18.4. The van der Waals surface area contributed by atoms with Crippen LogP contribution in [0.1, 0.15) is 22.3 Å². The molecule has 0 amide bonds. The molecule has 0 saturated carbocycles. The molecule has 3 aromatic carbocycles. The summed E-state index contributed by atoms with van der Waals surface area (Å²) in [4.78, 5) is 0. The zero-order valence-electron chi connectivity index (χ0n) is 13.6. The number of benzene rings is 3. The summed E-state index contributed by atoms with van der Waals surface area (Å²) in [5.74, 6) is 12.3. The fraction of sp³-hybridized carbons (Fsp3) is 0. The first-order chi connectivity index (χ1) is 12.6. The van der Waals surface area contributed by atoms with Crippen LogP contribution >= 0.6 is 23.2 Å². The average Bonchev–Trinajstić information content (AvgIpc) is 2.68. The van der Waals surface area contributed by atoms with Crippen molar-refractivity contribution < 1.29 is 0 Å². The van der Waals surface area contributed by atoms with Crippen LogP contribution < -0.4 is 0 Å². The standard InChI is InChI=1S/C22H12Cl2N2/c23-21-14-11-19(15-22(21)24)8-7-17-3-1-16(2-4-17)5-6-18-9-12-20(26-25)13-10-18/h1-4,9-15,25H. The van der Waals surface area contributed by atoms with Gasteiger partial charge in [-0.2, -0.15) is 5.11 Å². The summed E-state index contributed by atoms with van der Waals surface area (Å²) in [5.41, 5.74) is 11.0. The smallest absolute Gasteiger partial charge is 0.0850 e. The van der Waals surface area contributed by atoms with Crippen molar-refractivity contribution in [3.05, 3.63) is 99.0 Å². The predicted octanol–water partition coefficient (Wildman–Crippen LogP) is 6.46. The summed E-state index contributed by atoms with van der Waals surface area (Å²) in [6, 6.07) is 20.2. The maximum absolute atomic E-state index is 6.95. The molecule has 3 aromatic rings. The van der Waals surface area contributed by atoms with Gasteiger partial charge in [-0.1, -0.05) is 46.9 Å². The van der Waals surface area contributed by atoms with Crippen LogP contribution in [0.2, 0.25) is 10.0 Å². The normalized spacial score (nSPS) is 9.46. The van der Waals surface area contributed by atoms with Crippen LogP contribution in [0.5, 0.6) is 0 Å². The molecule has 3 rings (SSSR count). The minimum absolute atomic E-state index is 0.494. The molecule has 2 nitrogen and oxygen atoms in total. The Hall–Kier alpha value is -3.04. The molecule has 0 radical (unpaired) electrons. The van der Waals surface area contributed by atoms with Gasteiger partial charge in [0.1, 0.15) is 0 Å². The van der Waals surface area contributed by atoms with E-state index in [9.17, 15) is 0 Å². The number of rotatable bonds is 1. The van der Waals surface area contributed by atoms with Crippen molar-refractivity contribution in [2.75, 3.05) is 0 Å². The van der Waals surface area contributed by atoms with Gasteiger partial charge in [-0.05, 0) is 66.7 Å². The number of nitrogens with one attached hydrogen (secondary N) is 1. The summed E-state index contributed by atoms with van der Waals surface area (Å²) in [6.45, 7) is 0. The molecular formula is C22H12Cl2N2. The van der Waals surface area contributed by atoms with E-state index in [4.69, 9.17) is 28.7 Å². The molecule has 0 unspecified atom stereocenters.